The van der Waals surface area contributed by atoms with Gasteiger partial charge in [-0.15, -0.1) is 0 Å². The molecule has 33 heavy (non-hydrogen) atoms. The zero-order chi connectivity index (χ0) is 23.0. The molecule has 2 aromatic carbocycles. The van der Waals surface area contributed by atoms with Crippen molar-refractivity contribution < 1.29 is 24.1 Å². The normalized spacial score (nSPS) is 22.5. The van der Waals surface area contributed by atoms with Gasteiger partial charge in [-0.25, -0.2) is 0 Å². The van der Waals surface area contributed by atoms with E-state index in [1.54, 1.807) is 14.2 Å². The first-order chi connectivity index (χ1) is 16.2. The number of hydrogen-bond donors (Lipinski definition) is 2. The minimum atomic E-state index is 0.0197. The number of ether oxygens (including phenoxy) is 4. The molecule has 2 aliphatic rings. The van der Waals surface area contributed by atoms with Gasteiger partial charge in [0.1, 0.15) is 18.1 Å². The number of anilines is 1. The van der Waals surface area contributed by atoms with Gasteiger partial charge in [0.15, 0.2) is 0 Å². The van der Waals surface area contributed by atoms with Crippen LogP contribution in [0, 0.1) is 0 Å². The molecule has 4 rings (SSSR count). The van der Waals surface area contributed by atoms with Crippen LogP contribution in [-0.2, 0) is 16.1 Å². The number of nitrogens with zero attached hydrogens (tertiary/aromatic N) is 1. The zero-order valence-corrected chi connectivity index (χ0v) is 19.7. The molecule has 180 valence electrons. The van der Waals surface area contributed by atoms with Gasteiger partial charge in [0.25, 0.3) is 0 Å². The van der Waals surface area contributed by atoms with Crippen LogP contribution < -0.4 is 19.7 Å². The molecule has 1 saturated heterocycles. The third-order valence-corrected chi connectivity index (χ3v) is 6.58. The quantitative estimate of drug-likeness (QED) is 0.533. The Bertz CT molecular complexity index is 875. The zero-order valence-electron chi connectivity index (χ0n) is 19.7. The summed E-state index contributed by atoms with van der Waals surface area (Å²) in [5, 5.41) is 13.1. The monoisotopic (exact) mass is 456 g/mol. The number of aliphatic hydroxyl groups is 1. The summed E-state index contributed by atoms with van der Waals surface area (Å²) >= 11 is 0. The fourth-order valence-electron chi connectivity index (χ4n) is 4.73. The van der Waals surface area contributed by atoms with Crippen molar-refractivity contribution in [2.45, 2.75) is 37.5 Å². The smallest absolute Gasteiger partial charge is 0.142 e. The maximum absolute atomic E-state index is 9.70. The number of methoxy groups -OCH3 is 2. The van der Waals surface area contributed by atoms with Gasteiger partial charge in [-0.2, -0.15) is 0 Å². The standard InChI is InChI=1S/C26H36N2O5/c1-30-12-3-10-28-11-13-32-25-9-4-19(14-24(25)28)18-33-26-16-27-21(17-29)15-23(26)20-5-7-22(31-2)8-6-20/h4-9,14,21,23,26-27,29H,3,10-13,15-18H2,1-2H3/t21-,23-,26+/m1/s1. The lowest BCUT2D eigenvalue weighted by Gasteiger charge is -2.37. The summed E-state index contributed by atoms with van der Waals surface area (Å²) < 4.78 is 22.9. The molecule has 1 fully saturated rings. The molecule has 2 N–H and O–H groups in total. The van der Waals surface area contributed by atoms with Crippen molar-refractivity contribution in [2.24, 2.45) is 0 Å². The molecule has 3 atom stereocenters. The van der Waals surface area contributed by atoms with E-state index in [1.165, 1.54) is 5.56 Å². The van der Waals surface area contributed by atoms with Crippen LogP contribution in [0.15, 0.2) is 42.5 Å². The molecule has 0 amide bonds. The van der Waals surface area contributed by atoms with Gasteiger partial charge in [-0.1, -0.05) is 18.2 Å². The molecule has 0 spiro atoms. The fourth-order valence-corrected chi connectivity index (χ4v) is 4.73. The third kappa shape index (κ3) is 5.98. The summed E-state index contributed by atoms with van der Waals surface area (Å²) in [6, 6.07) is 14.6. The Balaban J connectivity index is 1.44. The topological polar surface area (TPSA) is 72.4 Å². The third-order valence-electron chi connectivity index (χ3n) is 6.58. The van der Waals surface area contributed by atoms with Gasteiger partial charge < -0.3 is 34.3 Å². The minimum absolute atomic E-state index is 0.0197. The highest BCUT2D eigenvalue weighted by atomic mass is 16.5. The first-order valence-corrected chi connectivity index (χ1v) is 11.8. The SMILES string of the molecule is COCCCN1CCOc2ccc(CO[C@H]3CN[C@@H](CO)C[C@@H]3c3ccc(OC)cc3)cc21. The van der Waals surface area contributed by atoms with Gasteiger partial charge in [-0.3, -0.25) is 0 Å². The van der Waals surface area contributed by atoms with Crippen molar-refractivity contribution in [1.82, 2.24) is 5.32 Å². The highest BCUT2D eigenvalue weighted by molar-refractivity contribution is 5.61. The molecule has 0 radical (unpaired) electrons. The summed E-state index contributed by atoms with van der Waals surface area (Å²) in [6.45, 7) is 4.66. The van der Waals surface area contributed by atoms with E-state index < -0.39 is 0 Å². The number of nitrogens with one attached hydrogen (secondary N) is 1. The second-order valence-electron chi connectivity index (χ2n) is 8.74. The lowest BCUT2D eigenvalue weighted by Crippen LogP contribution is -2.48. The summed E-state index contributed by atoms with van der Waals surface area (Å²) in [7, 11) is 3.42. The molecule has 0 saturated carbocycles. The average Bonchev–Trinajstić information content (AvgIpc) is 2.87. The summed E-state index contributed by atoms with van der Waals surface area (Å²) in [4.78, 5) is 2.37. The number of benzene rings is 2. The Morgan fingerprint density at radius 1 is 1.15 bits per heavy atom. The van der Waals surface area contributed by atoms with Crippen molar-refractivity contribution in [3.05, 3.63) is 53.6 Å². The molecule has 0 aliphatic carbocycles. The van der Waals surface area contributed by atoms with Gasteiger partial charge in [-0.05, 0) is 48.2 Å². The van der Waals surface area contributed by atoms with E-state index in [-0.39, 0.29) is 24.7 Å². The molecule has 2 aromatic rings. The largest absolute Gasteiger partial charge is 0.497 e. The van der Waals surface area contributed by atoms with Crippen molar-refractivity contribution in [3.8, 4) is 11.5 Å². The van der Waals surface area contributed by atoms with E-state index in [4.69, 9.17) is 18.9 Å². The Kier molecular flexibility index (Phi) is 8.45. The Morgan fingerprint density at radius 2 is 2.00 bits per heavy atom. The molecule has 2 heterocycles. The number of fused-ring (bicyclic) bond motifs is 1. The minimum Gasteiger partial charge on any atom is -0.497 e. The van der Waals surface area contributed by atoms with Crippen LogP contribution in [0.2, 0.25) is 0 Å². The van der Waals surface area contributed by atoms with Gasteiger partial charge in [0, 0.05) is 38.8 Å². The van der Waals surface area contributed by atoms with Crippen LogP contribution in [0.4, 0.5) is 5.69 Å². The number of hydrogen-bond acceptors (Lipinski definition) is 7. The van der Waals surface area contributed by atoms with Crippen LogP contribution in [0.25, 0.3) is 0 Å². The molecule has 7 heteroatoms. The van der Waals surface area contributed by atoms with Crippen molar-refractivity contribution in [1.29, 1.82) is 0 Å². The first-order valence-electron chi connectivity index (χ1n) is 11.8. The maximum atomic E-state index is 9.70. The summed E-state index contributed by atoms with van der Waals surface area (Å²) in [5.74, 6) is 1.99. The predicted molar refractivity (Wildman–Crippen MR) is 128 cm³/mol. The lowest BCUT2D eigenvalue weighted by molar-refractivity contribution is -0.00169. The summed E-state index contributed by atoms with van der Waals surface area (Å²) in [6.07, 6.45) is 1.84. The van der Waals surface area contributed by atoms with Crippen LogP contribution in [0.3, 0.4) is 0 Å². The molecule has 2 aliphatic heterocycles. The van der Waals surface area contributed by atoms with E-state index in [0.717, 1.165) is 55.3 Å². The highest BCUT2D eigenvalue weighted by Crippen LogP contribution is 2.34. The predicted octanol–water partition coefficient (Wildman–Crippen LogP) is 2.95. The van der Waals surface area contributed by atoms with Crippen molar-refractivity contribution in [3.63, 3.8) is 0 Å². The molecule has 7 nitrogen and oxygen atoms in total. The van der Waals surface area contributed by atoms with Crippen molar-refractivity contribution in [2.75, 3.05) is 58.6 Å². The second kappa shape index (κ2) is 11.7. The van der Waals surface area contributed by atoms with Gasteiger partial charge in [0.2, 0.25) is 0 Å². The molecule has 0 aromatic heterocycles. The first kappa shape index (κ1) is 23.8. The number of piperidine rings is 1. The van der Waals surface area contributed by atoms with Gasteiger partial charge in [0.05, 0.1) is 38.7 Å². The number of aliphatic hydroxyl groups excluding tert-OH is 1. The molecular weight excluding hydrogens is 420 g/mol. The van der Waals surface area contributed by atoms with Crippen LogP contribution in [-0.4, -0.2) is 70.9 Å². The fraction of sp³-hybridized carbons (Fsp3) is 0.538. The maximum Gasteiger partial charge on any atom is 0.142 e. The second-order valence-corrected chi connectivity index (χ2v) is 8.74. The van der Waals surface area contributed by atoms with Crippen LogP contribution in [0.5, 0.6) is 11.5 Å². The lowest BCUT2D eigenvalue weighted by atomic mass is 9.84. The van der Waals surface area contributed by atoms with E-state index in [1.807, 2.05) is 12.1 Å². The van der Waals surface area contributed by atoms with E-state index >= 15 is 0 Å². The molecule has 0 unspecified atom stereocenters. The molecular formula is C26H36N2O5. The Hall–Kier alpha value is -2.32. The van der Waals surface area contributed by atoms with Gasteiger partial charge >= 0.3 is 0 Å². The average molecular weight is 457 g/mol. The highest BCUT2D eigenvalue weighted by Gasteiger charge is 2.32. The van der Waals surface area contributed by atoms with E-state index in [0.29, 0.717) is 19.8 Å². The van der Waals surface area contributed by atoms with Crippen molar-refractivity contribution >= 4 is 5.69 Å². The van der Waals surface area contributed by atoms with E-state index in [2.05, 4.69) is 40.5 Å². The number of rotatable bonds is 10. The van der Waals surface area contributed by atoms with E-state index in [9.17, 15) is 5.11 Å². The Labute approximate surface area is 196 Å². The Morgan fingerprint density at radius 3 is 2.76 bits per heavy atom. The van der Waals surface area contributed by atoms with Crippen LogP contribution in [0.1, 0.15) is 29.9 Å². The van der Waals surface area contributed by atoms with Crippen LogP contribution >= 0.6 is 0 Å². The summed E-state index contributed by atoms with van der Waals surface area (Å²) in [5.41, 5.74) is 3.48. The molecule has 0 bridgehead atoms.